The van der Waals surface area contributed by atoms with Crippen LogP contribution in [-0.2, 0) is 19.2 Å². The molecule has 1 aromatic rings. The van der Waals surface area contributed by atoms with E-state index in [4.69, 9.17) is 23.2 Å². The summed E-state index contributed by atoms with van der Waals surface area (Å²) in [5.74, 6) is -4.32. The predicted octanol–water partition coefficient (Wildman–Crippen LogP) is 2.29. The Balaban J connectivity index is 1.78. The highest BCUT2D eigenvalue weighted by molar-refractivity contribution is 6.53. The lowest BCUT2D eigenvalue weighted by atomic mass is 9.56. The summed E-state index contributed by atoms with van der Waals surface area (Å²) >= 11 is 14.1. The van der Waals surface area contributed by atoms with Crippen molar-refractivity contribution in [3.05, 3.63) is 40.5 Å². The molecule has 3 fully saturated rings. The fourth-order valence-electron chi connectivity index (χ4n) is 6.18. The number of carbonyl (C=O) groups excluding carboxylic acids is 4. The minimum absolute atomic E-state index is 0.0206. The Morgan fingerprint density at radius 3 is 2.28 bits per heavy atom. The highest BCUT2D eigenvalue weighted by atomic mass is 35.5. The monoisotopic (exact) mass is 476 g/mol. The number of allylic oxidation sites excluding steroid dienone is 2. The standard InChI is InChI=1S/C23H22Cl2N2O5/c1-9-6-11(7-10(2)17(9)28)16-12-4-5-13-15(19(30)26-18(13)29)14(12)8-22(24)20(31)27(3)21(32)23(16,22)25/h4,6-7,13-16,28H,5,8H2,1-3H3,(H,26,29,30)/t13-,14+,15-,16-,22+,23-/m0/s1. The van der Waals surface area contributed by atoms with Gasteiger partial charge in [0.05, 0.1) is 11.8 Å². The number of nitrogens with zero attached hydrogens (tertiary/aromatic N) is 1. The Kier molecular flexibility index (Phi) is 4.41. The molecule has 4 amide bonds. The molecule has 32 heavy (non-hydrogen) atoms. The normalized spacial score (nSPS) is 38.3. The number of carbonyl (C=O) groups is 4. The number of fused-ring (bicyclic) bond motifs is 4. The van der Waals surface area contributed by atoms with Crippen molar-refractivity contribution in [1.82, 2.24) is 10.2 Å². The summed E-state index contributed by atoms with van der Waals surface area (Å²) in [4.78, 5) is 49.1. The fourth-order valence-corrected chi connectivity index (χ4v) is 7.20. The van der Waals surface area contributed by atoms with Gasteiger partial charge >= 0.3 is 0 Å². The number of hydrogen-bond acceptors (Lipinski definition) is 5. The van der Waals surface area contributed by atoms with E-state index in [0.717, 1.165) is 10.5 Å². The number of imide groups is 2. The van der Waals surface area contributed by atoms with Crippen molar-refractivity contribution in [1.29, 1.82) is 0 Å². The van der Waals surface area contributed by atoms with Crippen LogP contribution in [0.4, 0.5) is 0 Å². The van der Waals surface area contributed by atoms with Gasteiger partial charge in [0.2, 0.25) is 11.8 Å². The smallest absolute Gasteiger partial charge is 0.253 e. The van der Waals surface area contributed by atoms with Crippen molar-refractivity contribution in [2.45, 2.75) is 42.4 Å². The molecule has 6 atom stereocenters. The quantitative estimate of drug-likeness (QED) is 0.367. The van der Waals surface area contributed by atoms with Crippen molar-refractivity contribution in [2.24, 2.45) is 17.8 Å². The third kappa shape index (κ3) is 2.38. The molecule has 1 saturated carbocycles. The van der Waals surface area contributed by atoms with Gasteiger partial charge in [-0.3, -0.25) is 29.4 Å². The zero-order valence-corrected chi connectivity index (χ0v) is 19.3. The lowest BCUT2D eigenvalue weighted by molar-refractivity contribution is -0.138. The van der Waals surface area contributed by atoms with Crippen LogP contribution in [0.2, 0.25) is 0 Å². The van der Waals surface area contributed by atoms with Crippen molar-refractivity contribution in [3.8, 4) is 5.75 Å². The van der Waals surface area contributed by atoms with Gasteiger partial charge < -0.3 is 5.11 Å². The van der Waals surface area contributed by atoms with E-state index in [1.807, 2.05) is 6.08 Å². The highest BCUT2D eigenvalue weighted by Gasteiger charge is 2.75. The number of halogens is 2. The third-order valence-corrected chi connectivity index (χ3v) is 9.12. The van der Waals surface area contributed by atoms with Crippen LogP contribution < -0.4 is 5.32 Å². The number of likely N-dealkylation sites (tertiary alicyclic amines) is 1. The fraction of sp³-hybridized carbons (Fsp3) is 0.478. The van der Waals surface area contributed by atoms with E-state index in [9.17, 15) is 24.3 Å². The maximum Gasteiger partial charge on any atom is 0.253 e. The number of hydrogen-bond donors (Lipinski definition) is 2. The van der Waals surface area contributed by atoms with Gasteiger partial charge in [-0.1, -0.05) is 23.8 Å². The van der Waals surface area contributed by atoms with Crippen LogP contribution in [-0.4, -0.2) is 50.4 Å². The van der Waals surface area contributed by atoms with Crippen LogP contribution in [0.1, 0.15) is 35.4 Å². The number of amides is 4. The SMILES string of the molecule is Cc1cc([C@H]2C3=CC[C@@H]4C(=O)NC(=O)[C@@H]4[C@@H]3C[C@@]3(Cl)C(=O)N(C)C(=O)[C@@]23Cl)cc(C)c1O. The number of rotatable bonds is 1. The van der Waals surface area contributed by atoms with Gasteiger partial charge in [0.1, 0.15) is 5.75 Å². The Labute approximate surface area is 194 Å². The first-order chi connectivity index (χ1) is 14.9. The summed E-state index contributed by atoms with van der Waals surface area (Å²) in [5, 5.41) is 12.7. The largest absolute Gasteiger partial charge is 0.507 e. The van der Waals surface area contributed by atoms with Gasteiger partial charge in [0, 0.05) is 13.0 Å². The van der Waals surface area contributed by atoms with E-state index < -0.39 is 45.2 Å². The van der Waals surface area contributed by atoms with Crippen LogP contribution >= 0.6 is 23.2 Å². The summed E-state index contributed by atoms with van der Waals surface area (Å²) in [5.41, 5.74) is 2.56. The van der Waals surface area contributed by atoms with Gasteiger partial charge in [-0.25, -0.2) is 0 Å². The van der Waals surface area contributed by atoms with Crippen LogP contribution in [0.5, 0.6) is 5.75 Å². The van der Waals surface area contributed by atoms with Crippen LogP contribution in [0, 0.1) is 31.6 Å². The lowest BCUT2D eigenvalue weighted by Gasteiger charge is -2.50. The first-order valence-electron chi connectivity index (χ1n) is 10.5. The topological polar surface area (TPSA) is 104 Å². The molecule has 5 rings (SSSR count). The Hall–Kier alpha value is -2.38. The second-order valence-electron chi connectivity index (χ2n) is 9.35. The van der Waals surface area contributed by atoms with Crippen molar-refractivity contribution >= 4 is 46.8 Å². The number of aromatic hydroxyl groups is 1. The average Bonchev–Trinajstić information content (AvgIpc) is 3.10. The summed E-state index contributed by atoms with van der Waals surface area (Å²) in [6.07, 6.45) is 2.19. The molecule has 2 aliphatic carbocycles. The molecule has 0 aromatic heterocycles. The maximum absolute atomic E-state index is 13.4. The molecule has 0 bridgehead atoms. The molecule has 1 aromatic carbocycles. The Bertz CT molecular complexity index is 1140. The van der Waals surface area contributed by atoms with E-state index in [2.05, 4.69) is 5.32 Å². The van der Waals surface area contributed by atoms with Crippen molar-refractivity contribution in [3.63, 3.8) is 0 Å². The van der Waals surface area contributed by atoms with Gasteiger partial charge in [-0.2, -0.15) is 0 Å². The molecule has 2 aliphatic heterocycles. The molecule has 0 spiro atoms. The number of phenols is 1. The zero-order chi connectivity index (χ0) is 23.3. The molecule has 0 radical (unpaired) electrons. The molecule has 168 valence electrons. The number of aryl methyl sites for hydroxylation is 2. The summed E-state index contributed by atoms with van der Waals surface area (Å²) < 4.78 is 0. The molecule has 2 saturated heterocycles. The number of phenolic OH excluding ortho intramolecular Hbond substituents is 1. The van der Waals surface area contributed by atoms with Crippen molar-refractivity contribution in [2.75, 3.05) is 7.05 Å². The second-order valence-corrected chi connectivity index (χ2v) is 10.6. The first kappa shape index (κ1) is 21.5. The molecular weight excluding hydrogens is 455 g/mol. The molecule has 4 aliphatic rings. The average molecular weight is 477 g/mol. The summed E-state index contributed by atoms with van der Waals surface area (Å²) in [6, 6.07) is 3.47. The lowest BCUT2D eigenvalue weighted by Crippen LogP contribution is -2.60. The van der Waals surface area contributed by atoms with E-state index in [-0.39, 0.29) is 24.0 Å². The molecule has 2 heterocycles. The maximum atomic E-state index is 13.4. The summed E-state index contributed by atoms with van der Waals surface area (Å²) in [7, 11) is 1.36. The van der Waals surface area contributed by atoms with E-state index in [1.54, 1.807) is 26.0 Å². The zero-order valence-electron chi connectivity index (χ0n) is 17.7. The summed E-state index contributed by atoms with van der Waals surface area (Å²) in [6.45, 7) is 3.48. The van der Waals surface area contributed by atoms with Gasteiger partial charge in [-0.15, -0.1) is 23.2 Å². The number of benzene rings is 1. The minimum Gasteiger partial charge on any atom is -0.507 e. The van der Waals surface area contributed by atoms with E-state index >= 15 is 0 Å². The van der Waals surface area contributed by atoms with E-state index in [1.165, 1.54) is 7.05 Å². The Morgan fingerprint density at radius 1 is 1.03 bits per heavy atom. The molecular formula is C23H22Cl2N2O5. The molecule has 2 N–H and O–H groups in total. The van der Waals surface area contributed by atoms with E-state index in [0.29, 0.717) is 23.1 Å². The van der Waals surface area contributed by atoms with Crippen molar-refractivity contribution < 1.29 is 24.3 Å². The Morgan fingerprint density at radius 2 is 1.66 bits per heavy atom. The number of nitrogens with one attached hydrogen (secondary N) is 1. The van der Waals surface area contributed by atoms with Gasteiger partial charge in [0.15, 0.2) is 9.75 Å². The minimum atomic E-state index is -1.80. The molecule has 0 unspecified atom stereocenters. The van der Waals surface area contributed by atoms with Gasteiger partial charge in [0.25, 0.3) is 11.8 Å². The molecule has 7 nitrogen and oxygen atoms in total. The predicted molar refractivity (Wildman–Crippen MR) is 116 cm³/mol. The molecule has 9 heteroatoms. The second kappa shape index (κ2) is 6.58. The third-order valence-electron chi connectivity index (χ3n) is 7.70. The highest BCUT2D eigenvalue weighted by Crippen LogP contribution is 2.65. The van der Waals surface area contributed by atoms with Crippen LogP contribution in [0.25, 0.3) is 0 Å². The van der Waals surface area contributed by atoms with Crippen LogP contribution in [0.3, 0.4) is 0 Å². The van der Waals surface area contributed by atoms with Crippen LogP contribution in [0.15, 0.2) is 23.8 Å². The first-order valence-corrected chi connectivity index (χ1v) is 11.2. The number of alkyl halides is 2. The van der Waals surface area contributed by atoms with Gasteiger partial charge in [-0.05, 0) is 49.3 Å².